The first-order valence-electron chi connectivity index (χ1n) is 5.88. The van der Waals surface area contributed by atoms with Crippen molar-refractivity contribution in [2.24, 2.45) is 0 Å². The lowest BCUT2D eigenvalue weighted by Gasteiger charge is -2.15. The summed E-state index contributed by atoms with van der Waals surface area (Å²) < 4.78 is 5.16. The van der Waals surface area contributed by atoms with E-state index in [0.717, 1.165) is 17.6 Å². The van der Waals surface area contributed by atoms with Crippen LogP contribution in [0.4, 0.5) is 0 Å². The number of carbonyl (C=O) groups is 1. The van der Waals surface area contributed by atoms with E-state index in [-0.39, 0.29) is 5.97 Å². The van der Waals surface area contributed by atoms with Gasteiger partial charge in [0.25, 0.3) is 0 Å². The third-order valence-corrected chi connectivity index (χ3v) is 3.36. The number of allylic oxidation sites excluding steroid dienone is 2. The molecule has 0 bridgehead atoms. The molecule has 2 aliphatic rings. The molecule has 0 amide bonds. The number of fused-ring (bicyclic) bond motifs is 2. The lowest BCUT2D eigenvalue weighted by molar-refractivity contribution is -0.137. The zero-order chi connectivity index (χ0) is 12.0. The van der Waals surface area contributed by atoms with Crippen LogP contribution < -0.4 is 0 Å². The molecule has 0 saturated heterocycles. The lowest BCUT2D eigenvalue weighted by atomic mass is 9.96. The molecule has 0 aromatic heterocycles. The Morgan fingerprint density at radius 2 is 1.88 bits per heavy atom. The van der Waals surface area contributed by atoms with Crippen molar-refractivity contribution < 1.29 is 9.53 Å². The molecule has 1 aliphatic heterocycles. The minimum atomic E-state index is -0.171. The highest BCUT2D eigenvalue weighted by Crippen LogP contribution is 2.46. The van der Waals surface area contributed by atoms with Gasteiger partial charge in [0.1, 0.15) is 0 Å². The summed E-state index contributed by atoms with van der Waals surface area (Å²) in [5.74, 6) is -0.171. The van der Waals surface area contributed by atoms with Crippen molar-refractivity contribution in [1.29, 1.82) is 0 Å². The summed E-state index contributed by atoms with van der Waals surface area (Å²) in [5.41, 5.74) is 6.66. The predicted molar refractivity (Wildman–Crippen MR) is 67.2 cm³/mol. The van der Waals surface area contributed by atoms with Crippen LogP contribution in [0.1, 0.15) is 31.4 Å². The van der Waals surface area contributed by atoms with E-state index in [1.165, 1.54) is 22.3 Å². The number of hydrogen-bond acceptors (Lipinski definition) is 2. The molecule has 3 rings (SSSR count). The average molecular weight is 226 g/mol. The summed E-state index contributed by atoms with van der Waals surface area (Å²) in [5, 5.41) is 0. The standard InChI is InChI=1S/C15H14O2/c1-9(2)13-10-5-3-4-6-11(10)14-12(13)7-8-17-15(14)16/h3-6H,7-8H2,1-2H3. The molecule has 2 heteroatoms. The Kier molecular flexibility index (Phi) is 2.18. The fraction of sp³-hybridized carbons (Fsp3) is 0.267. The largest absolute Gasteiger partial charge is 0.462 e. The molecule has 17 heavy (non-hydrogen) atoms. The number of cyclic esters (lactones) is 1. The maximum atomic E-state index is 11.9. The Bertz CT molecular complexity index is 572. The van der Waals surface area contributed by atoms with E-state index >= 15 is 0 Å². The van der Waals surface area contributed by atoms with Gasteiger partial charge in [-0.1, -0.05) is 29.8 Å². The van der Waals surface area contributed by atoms with Gasteiger partial charge in [-0.05, 0) is 36.1 Å². The topological polar surface area (TPSA) is 26.3 Å². The molecule has 0 unspecified atom stereocenters. The SMILES string of the molecule is CC(C)=C1C2=C(C(=O)OCC2)c2ccccc21. The van der Waals surface area contributed by atoms with Gasteiger partial charge in [0.2, 0.25) is 0 Å². The third-order valence-electron chi connectivity index (χ3n) is 3.36. The molecular formula is C15H14O2. The highest BCUT2D eigenvalue weighted by molar-refractivity contribution is 6.25. The molecular weight excluding hydrogens is 212 g/mol. The van der Waals surface area contributed by atoms with Gasteiger partial charge >= 0.3 is 5.97 Å². The van der Waals surface area contributed by atoms with Crippen molar-refractivity contribution in [3.8, 4) is 0 Å². The van der Waals surface area contributed by atoms with Crippen molar-refractivity contribution in [2.75, 3.05) is 6.61 Å². The van der Waals surface area contributed by atoms with Gasteiger partial charge < -0.3 is 4.74 Å². The van der Waals surface area contributed by atoms with Crippen LogP contribution >= 0.6 is 0 Å². The van der Waals surface area contributed by atoms with Crippen molar-refractivity contribution in [3.63, 3.8) is 0 Å². The van der Waals surface area contributed by atoms with Gasteiger partial charge in [-0.15, -0.1) is 0 Å². The second-order valence-corrected chi connectivity index (χ2v) is 4.66. The zero-order valence-corrected chi connectivity index (χ0v) is 10.0. The number of esters is 1. The minimum absolute atomic E-state index is 0.171. The highest BCUT2D eigenvalue weighted by atomic mass is 16.5. The summed E-state index contributed by atoms with van der Waals surface area (Å²) in [6.07, 6.45) is 0.830. The monoisotopic (exact) mass is 226 g/mol. The second-order valence-electron chi connectivity index (χ2n) is 4.66. The molecule has 86 valence electrons. The van der Waals surface area contributed by atoms with Crippen LogP contribution in [0.5, 0.6) is 0 Å². The quantitative estimate of drug-likeness (QED) is 0.635. The third kappa shape index (κ3) is 1.37. The number of ether oxygens (including phenoxy) is 1. The number of carbonyl (C=O) groups excluding carboxylic acids is 1. The highest BCUT2D eigenvalue weighted by Gasteiger charge is 2.34. The Morgan fingerprint density at radius 1 is 1.18 bits per heavy atom. The molecule has 0 spiro atoms. The second kappa shape index (κ2) is 3.59. The Labute approximate surface area is 101 Å². The summed E-state index contributed by atoms with van der Waals surface area (Å²) in [4.78, 5) is 11.9. The van der Waals surface area contributed by atoms with Crippen LogP contribution in [-0.4, -0.2) is 12.6 Å². The van der Waals surface area contributed by atoms with E-state index in [9.17, 15) is 4.79 Å². The molecule has 1 heterocycles. The van der Waals surface area contributed by atoms with Gasteiger partial charge in [-0.3, -0.25) is 0 Å². The fourth-order valence-electron chi connectivity index (χ4n) is 2.74. The van der Waals surface area contributed by atoms with E-state index in [0.29, 0.717) is 6.61 Å². The molecule has 1 aromatic rings. The van der Waals surface area contributed by atoms with Crippen LogP contribution in [0.2, 0.25) is 0 Å². The van der Waals surface area contributed by atoms with Crippen molar-refractivity contribution in [2.45, 2.75) is 20.3 Å². The summed E-state index contributed by atoms with van der Waals surface area (Å²) in [7, 11) is 0. The summed E-state index contributed by atoms with van der Waals surface area (Å²) in [6, 6.07) is 8.08. The van der Waals surface area contributed by atoms with Gasteiger partial charge in [-0.25, -0.2) is 4.79 Å². The van der Waals surface area contributed by atoms with Gasteiger partial charge in [0, 0.05) is 6.42 Å². The fourth-order valence-corrected chi connectivity index (χ4v) is 2.74. The molecule has 0 radical (unpaired) electrons. The van der Waals surface area contributed by atoms with Crippen LogP contribution in [0.25, 0.3) is 11.1 Å². The first-order chi connectivity index (χ1) is 8.20. The van der Waals surface area contributed by atoms with E-state index in [4.69, 9.17) is 4.74 Å². The van der Waals surface area contributed by atoms with Crippen LogP contribution in [0.15, 0.2) is 35.4 Å². The Balaban J connectivity index is 2.34. The number of rotatable bonds is 0. The molecule has 2 nitrogen and oxygen atoms in total. The molecule has 1 aliphatic carbocycles. The minimum Gasteiger partial charge on any atom is -0.462 e. The first kappa shape index (κ1) is 10.3. The normalized spacial score (nSPS) is 17.8. The van der Waals surface area contributed by atoms with Gasteiger partial charge in [0.05, 0.1) is 12.2 Å². The summed E-state index contributed by atoms with van der Waals surface area (Å²) in [6.45, 7) is 4.70. The smallest absolute Gasteiger partial charge is 0.339 e. The molecule has 0 N–H and O–H groups in total. The van der Waals surface area contributed by atoms with E-state index in [2.05, 4.69) is 19.9 Å². The first-order valence-corrected chi connectivity index (χ1v) is 5.88. The summed E-state index contributed by atoms with van der Waals surface area (Å²) >= 11 is 0. The van der Waals surface area contributed by atoms with Crippen molar-refractivity contribution in [3.05, 3.63) is 46.5 Å². The number of hydrogen-bond donors (Lipinski definition) is 0. The van der Waals surface area contributed by atoms with Crippen LogP contribution in [-0.2, 0) is 9.53 Å². The Hall–Kier alpha value is -1.83. The van der Waals surface area contributed by atoms with Gasteiger partial charge in [0.15, 0.2) is 0 Å². The molecule has 0 fully saturated rings. The maximum absolute atomic E-state index is 11.9. The zero-order valence-electron chi connectivity index (χ0n) is 10.0. The average Bonchev–Trinajstić information content (AvgIpc) is 2.64. The van der Waals surface area contributed by atoms with Crippen molar-refractivity contribution >= 4 is 17.1 Å². The maximum Gasteiger partial charge on any atom is 0.339 e. The molecule has 0 saturated carbocycles. The van der Waals surface area contributed by atoms with Crippen LogP contribution in [0.3, 0.4) is 0 Å². The van der Waals surface area contributed by atoms with E-state index in [1.54, 1.807) is 0 Å². The lowest BCUT2D eigenvalue weighted by Crippen LogP contribution is -2.14. The number of benzene rings is 1. The van der Waals surface area contributed by atoms with Crippen LogP contribution in [0, 0.1) is 0 Å². The molecule has 0 atom stereocenters. The predicted octanol–water partition coefficient (Wildman–Crippen LogP) is 3.19. The van der Waals surface area contributed by atoms with Crippen molar-refractivity contribution in [1.82, 2.24) is 0 Å². The Morgan fingerprint density at radius 3 is 2.59 bits per heavy atom. The van der Waals surface area contributed by atoms with Gasteiger partial charge in [-0.2, -0.15) is 0 Å². The molecule has 1 aromatic carbocycles. The van der Waals surface area contributed by atoms with E-state index < -0.39 is 0 Å². The van der Waals surface area contributed by atoms with E-state index in [1.807, 2.05) is 18.2 Å².